The number of rotatable bonds is 9. The van der Waals surface area contributed by atoms with Crippen molar-refractivity contribution in [1.29, 1.82) is 5.41 Å². The molecule has 1 saturated heterocycles. The van der Waals surface area contributed by atoms with Crippen LogP contribution in [0.3, 0.4) is 0 Å². The van der Waals surface area contributed by atoms with E-state index < -0.39 is 6.61 Å². The highest BCUT2D eigenvalue weighted by Crippen LogP contribution is 2.59. The van der Waals surface area contributed by atoms with Crippen LogP contribution in [0.25, 0.3) is 0 Å². The van der Waals surface area contributed by atoms with Crippen molar-refractivity contribution in [3.05, 3.63) is 17.8 Å². The fourth-order valence-corrected chi connectivity index (χ4v) is 5.46. The van der Waals surface area contributed by atoms with Gasteiger partial charge in [0.2, 0.25) is 0 Å². The summed E-state index contributed by atoms with van der Waals surface area (Å²) in [6.07, 6.45) is 6.62. The van der Waals surface area contributed by atoms with Gasteiger partial charge in [-0.2, -0.15) is 8.78 Å². The maximum absolute atomic E-state index is 12.7. The van der Waals surface area contributed by atoms with Gasteiger partial charge in [0.1, 0.15) is 0 Å². The fourth-order valence-electron chi connectivity index (χ4n) is 5.46. The predicted octanol–water partition coefficient (Wildman–Crippen LogP) is 3.23. The van der Waals surface area contributed by atoms with Crippen LogP contribution >= 0.6 is 0 Å². The molecule has 0 bridgehead atoms. The molecule has 2 unspecified atom stereocenters. The van der Waals surface area contributed by atoms with E-state index in [1.165, 1.54) is 18.9 Å². The monoisotopic (exact) mass is 447 g/mol. The van der Waals surface area contributed by atoms with Gasteiger partial charge in [0.05, 0.1) is 13.2 Å². The van der Waals surface area contributed by atoms with Gasteiger partial charge < -0.3 is 20.6 Å². The number of nitrogens with one attached hydrogen (secondary N) is 1. The molecule has 5 rings (SSSR count). The molecule has 3 saturated carbocycles. The molecule has 0 aromatic carbocycles. The number of aromatic nitrogens is 1. The normalized spacial score (nSPS) is 30.4. The summed E-state index contributed by atoms with van der Waals surface area (Å²) in [5.41, 5.74) is 7.73. The molecule has 4 aliphatic rings. The Bertz CT molecular complexity index is 873. The summed E-state index contributed by atoms with van der Waals surface area (Å²) in [5, 5.41) is 8.79. The number of nitrogens with two attached hydrogens (primary N) is 1. The Labute approximate surface area is 186 Å². The summed E-state index contributed by atoms with van der Waals surface area (Å²) in [6, 6.07) is 2.10. The van der Waals surface area contributed by atoms with Gasteiger partial charge in [0.25, 0.3) is 0 Å². The summed E-state index contributed by atoms with van der Waals surface area (Å²) in [7, 11) is 0. The van der Waals surface area contributed by atoms with Gasteiger partial charge in [-0.15, -0.1) is 0 Å². The van der Waals surface area contributed by atoms with Gasteiger partial charge in [-0.25, -0.2) is 4.98 Å². The largest absolute Gasteiger partial charge is 0.431 e. The number of pyridine rings is 1. The average molecular weight is 448 g/mol. The van der Waals surface area contributed by atoms with Crippen LogP contribution in [0.5, 0.6) is 5.75 Å². The van der Waals surface area contributed by atoms with Gasteiger partial charge in [-0.05, 0) is 49.5 Å². The highest BCUT2D eigenvalue weighted by atomic mass is 19.3. The first-order valence-corrected chi connectivity index (χ1v) is 11.6. The van der Waals surface area contributed by atoms with E-state index in [2.05, 4.69) is 14.6 Å². The number of hydrogen-bond donors (Lipinski definition) is 2. The summed E-state index contributed by atoms with van der Waals surface area (Å²) in [5.74, 6) is 1.87. The first-order valence-electron chi connectivity index (χ1n) is 11.6. The van der Waals surface area contributed by atoms with Gasteiger partial charge in [0.15, 0.2) is 11.6 Å². The summed E-state index contributed by atoms with van der Waals surface area (Å²) >= 11 is 0. The van der Waals surface area contributed by atoms with E-state index >= 15 is 0 Å². The summed E-state index contributed by atoms with van der Waals surface area (Å²) in [6.45, 7) is 1.39. The third-order valence-corrected chi connectivity index (χ3v) is 7.41. The first-order chi connectivity index (χ1) is 15.5. The maximum Gasteiger partial charge on any atom is 0.387 e. The van der Waals surface area contributed by atoms with E-state index in [0.717, 1.165) is 44.9 Å². The van der Waals surface area contributed by atoms with Gasteiger partial charge >= 0.3 is 6.61 Å². The molecule has 2 heterocycles. The second-order valence-electron chi connectivity index (χ2n) is 9.55. The van der Waals surface area contributed by atoms with Crippen molar-refractivity contribution in [3.8, 4) is 5.75 Å². The SMILES string of the molecule is N=C(CC(=NCC1CC1)c1cnc(N)c(OC(F)F)c1)C1C2CC(N3CCOCC3)CC21. The predicted molar refractivity (Wildman–Crippen MR) is 118 cm³/mol. The highest BCUT2D eigenvalue weighted by molar-refractivity contribution is 6.13. The number of morpholine rings is 1. The average Bonchev–Trinajstić information content (AvgIpc) is 3.69. The Hall–Kier alpha value is -2.13. The molecule has 1 aliphatic heterocycles. The summed E-state index contributed by atoms with van der Waals surface area (Å²) < 4.78 is 35.5. The van der Waals surface area contributed by atoms with Crippen LogP contribution < -0.4 is 10.5 Å². The maximum atomic E-state index is 12.7. The molecule has 0 radical (unpaired) electrons. The van der Waals surface area contributed by atoms with Gasteiger partial charge in [-0.1, -0.05) is 0 Å². The third kappa shape index (κ3) is 4.78. The van der Waals surface area contributed by atoms with Crippen LogP contribution in [0.4, 0.5) is 14.6 Å². The zero-order valence-corrected chi connectivity index (χ0v) is 18.2. The minimum absolute atomic E-state index is 0.0726. The molecule has 9 heteroatoms. The van der Waals surface area contributed by atoms with Crippen LogP contribution in [0.1, 0.15) is 37.7 Å². The summed E-state index contributed by atoms with van der Waals surface area (Å²) in [4.78, 5) is 11.3. The second-order valence-corrected chi connectivity index (χ2v) is 9.55. The van der Waals surface area contributed by atoms with Crippen molar-refractivity contribution in [2.45, 2.75) is 44.8 Å². The van der Waals surface area contributed by atoms with Gasteiger partial charge in [0, 0.05) is 61.2 Å². The molecule has 3 aliphatic carbocycles. The Kier molecular flexibility index (Phi) is 6.11. The van der Waals surface area contributed by atoms with Crippen LogP contribution in [0, 0.1) is 29.1 Å². The topological polar surface area (TPSA) is 96.8 Å². The zero-order valence-electron chi connectivity index (χ0n) is 18.2. The highest BCUT2D eigenvalue weighted by Gasteiger charge is 2.58. The Balaban J connectivity index is 1.24. The number of fused-ring (bicyclic) bond motifs is 1. The van der Waals surface area contributed by atoms with Crippen LogP contribution in [0.2, 0.25) is 0 Å². The van der Waals surface area contributed by atoms with Crippen LogP contribution in [-0.2, 0) is 4.74 Å². The van der Waals surface area contributed by atoms with E-state index in [9.17, 15) is 8.78 Å². The number of nitrogen functional groups attached to an aromatic ring is 1. The van der Waals surface area contributed by atoms with E-state index in [1.54, 1.807) is 6.20 Å². The van der Waals surface area contributed by atoms with Gasteiger partial charge in [-0.3, -0.25) is 9.89 Å². The minimum Gasteiger partial charge on any atom is -0.431 e. The lowest BCUT2D eigenvalue weighted by molar-refractivity contribution is -0.0495. The Morgan fingerprint density at radius 1 is 1.28 bits per heavy atom. The third-order valence-electron chi connectivity index (χ3n) is 7.41. The lowest BCUT2D eigenvalue weighted by atomic mass is 9.97. The quantitative estimate of drug-likeness (QED) is 0.567. The van der Waals surface area contributed by atoms with Crippen molar-refractivity contribution in [2.75, 3.05) is 38.6 Å². The fraction of sp³-hybridized carbons (Fsp3) is 0.696. The number of halogens is 2. The number of nitrogens with zero attached hydrogens (tertiary/aromatic N) is 3. The zero-order chi connectivity index (χ0) is 22.2. The lowest BCUT2D eigenvalue weighted by Gasteiger charge is -2.33. The minimum atomic E-state index is -2.97. The number of anilines is 1. The van der Waals surface area contributed by atoms with Crippen LogP contribution in [-0.4, -0.2) is 66.8 Å². The van der Waals surface area contributed by atoms with Crippen molar-refractivity contribution >= 4 is 17.2 Å². The van der Waals surface area contributed by atoms with Crippen molar-refractivity contribution in [3.63, 3.8) is 0 Å². The Morgan fingerprint density at radius 2 is 2.00 bits per heavy atom. The Morgan fingerprint density at radius 3 is 2.66 bits per heavy atom. The molecule has 4 fully saturated rings. The number of hydrogen-bond acceptors (Lipinski definition) is 7. The first kappa shape index (κ1) is 21.7. The molecule has 7 nitrogen and oxygen atoms in total. The molecule has 0 spiro atoms. The van der Waals surface area contributed by atoms with E-state index in [4.69, 9.17) is 20.9 Å². The molecular weight excluding hydrogens is 416 g/mol. The molecule has 2 atom stereocenters. The smallest absolute Gasteiger partial charge is 0.387 e. The second kappa shape index (κ2) is 9.02. The molecule has 1 aromatic rings. The lowest BCUT2D eigenvalue weighted by Crippen LogP contribution is -2.43. The van der Waals surface area contributed by atoms with E-state index in [-0.39, 0.29) is 11.6 Å². The molecular formula is C23H31F2N5O2. The standard InChI is InChI=1S/C23H31F2N5O2/c24-23(25)32-20-7-14(12-29-22(20)27)19(28-11-13-1-2-13)10-18(26)21-16-8-15(9-17(16)21)30-3-5-31-6-4-30/h7,12-13,15-17,21,23,26H,1-6,8-11H2,(H2,27,29). The number of ether oxygens (including phenoxy) is 2. The van der Waals surface area contributed by atoms with Crippen molar-refractivity contribution in [2.24, 2.45) is 28.7 Å². The molecule has 32 heavy (non-hydrogen) atoms. The number of alkyl halides is 2. The molecule has 174 valence electrons. The van der Waals surface area contributed by atoms with Crippen molar-refractivity contribution < 1.29 is 18.3 Å². The van der Waals surface area contributed by atoms with E-state index in [0.29, 0.717) is 54.0 Å². The molecule has 1 aromatic heterocycles. The van der Waals surface area contributed by atoms with Crippen LogP contribution in [0.15, 0.2) is 17.3 Å². The number of aliphatic imine (C=N–C) groups is 1. The van der Waals surface area contributed by atoms with E-state index in [1.807, 2.05) is 0 Å². The van der Waals surface area contributed by atoms with Crippen molar-refractivity contribution in [1.82, 2.24) is 9.88 Å². The molecule has 3 N–H and O–H groups in total. The molecule has 0 amide bonds.